The lowest BCUT2D eigenvalue weighted by Gasteiger charge is -2.34. The van der Waals surface area contributed by atoms with Crippen LogP contribution in [0, 0.1) is 17.8 Å². The molecule has 0 radical (unpaired) electrons. The predicted octanol–water partition coefficient (Wildman–Crippen LogP) is 4.52. The summed E-state index contributed by atoms with van der Waals surface area (Å²) in [7, 11) is 3.26. The first-order valence-electron chi connectivity index (χ1n) is 14.9. The van der Waals surface area contributed by atoms with Crippen molar-refractivity contribution in [2.24, 2.45) is 17.8 Å². The van der Waals surface area contributed by atoms with E-state index in [1.807, 2.05) is 40.1 Å². The van der Waals surface area contributed by atoms with Gasteiger partial charge in [0, 0.05) is 64.5 Å². The molecule has 2 aromatic rings. The highest BCUT2D eigenvalue weighted by Crippen LogP contribution is 2.30. The third-order valence-electron chi connectivity index (χ3n) is 7.55. The minimum atomic E-state index is -0.0331. The standard InChI is InChI=1S/C33H49N3O5/c1-24(2)21-35(32(37)17-26-11-8-7-9-12-26)22-28-19-34-20-29(28)23-36(25(3)4)33(38)27-13-14-30(40-6)31(18-27)41-16-10-15-39-5/h7-9,11-14,18,24-25,28-29,34H,10,15-17,19-23H2,1-6H3. The summed E-state index contributed by atoms with van der Waals surface area (Å²) in [6, 6.07) is 15.3. The summed E-state index contributed by atoms with van der Waals surface area (Å²) in [5, 5.41) is 3.53. The molecule has 226 valence electrons. The monoisotopic (exact) mass is 567 g/mol. The number of hydrogen-bond acceptors (Lipinski definition) is 6. The van der Waals surface area contributed by atoms with E-state index < -0.39 is 0 Å². The molecule has 0 spiro atoms. The summed E-state index contributed by atoms with van der Waals surface area (Å²) in [5.41, 5.74) is 1.61. The van der Waals surface area contributed by atoms with Crippen LogP contribution in [0.5, 0.6) is 11.5 Å². The van der Waals surface area contributed by atoms with Crippen molar-refractivity contribution >= 4 is 11.8 Å². The lowest BCUT2D eigenvalue weighted by atomic mass is 9.93. The number of carbonyl (C=O) groups is 2. The fourth-order valence-corrected chi connectivity index (χ4v) is 5.35. The van der Waals surface area contributed by atoms with Crippen molar-refractivity contribution in [3.8, 4) is 11.5 Å². The van der Waals surface area contributed by atoms with E-state index >= 15 is 0 Å². The van der Waals surface area contributed by atoms with Crippen molar-refractivity contribution in [2.45, 2.75) is 46.6 Å². The van der Waals surface area contributed by atoms with Gasteiger partial charge in [0.2, 0.25) is 5.91 Å². The van der Waals surface area contributed by atoms with Gasteiger partial charge in [-0.3, -0.25) is 9.59 Å². The van der Waals surface area contributed by atoms with Crippen LogP contribution in [0.25, 0.3) is 0 Å². The van der Waals surface area contributed by atoms with Crippen LogP contribution in [0.4, 0.5) is 0 Å². The molecular formula is C33H49N3O5. The Kier molecular flexibility index (Phi) is 12.9. The third kappa shape index (κ3) is 9.75. The van der Waals surface area contributed by atoms with Gasteiger partial charge in [-0.25, -0.2) is 0 Å². The normalized spacial score (nSPS) is 16.7. The van der Waals surface area contributed by atoms with Gasteiger partial charge in [0.25, 0.3) is 5.91 Å². The second-order valence-electron chi connectivity index (χ2n) is 11.6. The summed E-state index contributed by atoms with van der Waals surface area (Å²) in [4.78, 5) is 31.2. The molecule has 3 rings (SSSR count). The maximum Gasteiger partial charge on any atom is 0.254 e. The fraction of sp³-hybridized carbons (Fsp3) is 0.576. The predicted molar refractivity (Wildman–Crippen MR) is 163 cm³/mol. The molecule has 1 heterocycles. The number of hydrogen-bond donors (Lipinski definition) is 1. The van der Waals surface area contributed by atoms with Crippen LogP contribution in [0.1, 0.15) is 50.0 Å². The number of nitrogens with one attached hydrogen (secondary N) is 1. The Morgan fingerprint density at radius 2 is 1.63 bits per heavy atom. The largest absolute Gasteiger partial charge is 0.493 e. The highest BCUT2D eigenvalue weighted by atomic mass is 16.5. The minimum absolute atomic E-state index is 0.0170. The van der Waals surface area contributed by atoms with Crippen molar-refractivity contribution in [2.75, 3.05) is 60.2 Å². The van der Waals surface area contributed by atoms with E-state index in [0.717, 1.165) is 31.6 Å². The number of amides is 2. The summed E-state index contributed by atoms with van der Waals surface area (Å²) >= 11 is 0. The van der Waals surface area contributed by atoms with Gasteiger partial charge in [-0.1, -0.05) is 44.2 Å². The van der Waals surface area contributed by atoms with E-state index in [1.54, 1.807) is 32.4 Å². The summed E-state index contributed by atoms with van der Waals surface area (Å²) in [6.07, 6.45) is 1.15. The Morgan fingerprint density at radius 1 is 0.927 bits per heavy atom. The first-order chi connectivity index (χ1) is 19.7. The molecule has 1 N–H and O–H groups in total. The highest BCUT2D eigenvalue weighted by Gasteiger charge is 2.34. The lowest BCUT2D eigenvalue weighted by molar-refractivity contribution is -0.131. The van der Waals surface area contributed by atoms with Crippen molar-refractivity contribution < 1.29 is 23.8 Å². The Morgan fingerprint density at radius 3 is 2.27 bits per heavy atom. The maximum absolute atomic E-state index is 13.8. The Labute approximate surface area is 246 Å². The SMILES string of the molecule is COCCCOc1cc(C(=O)N(CC2CNCC2CN(CC(C)C)C(=O)Cc2ccccc2)C(C)C)ccc1OC. The zero-order valence-electron chi connectivity index (χ0n) is 25.7. The van der Waals surface area contributed by atoms with Crippen LogP contribution >= 0.6 is 0 Å². The average Bonchev–Trinajstić information content (AvgIpc) is 3.39. The molecule has 2 aromatic carbocycles. The van der Waals surface area contributed by atoms with E-state index in [2.05, 4.69) is 33.0 Å². The van der Waals surface area contributed by atoms with Gasteiger partial charge in [-0.05, 0) is 55.4 Å². The summed E-state index contributed by atoms with van der Waals surface area (Å²) in [6.45, 7) is 13.2. The number of carbonyl (C=O) groups excluding carboxylic acids is 2. The van der Waals surface area contributed by atoms with Crippen LogP contribution in [0.3, 0.4) is 0 Å². The van der Waals surface area contributed by atoms with E-state index in [-0.39, 0.29) is 29.7 Å². The third-order valence-corrected chi connectivity index (χ3v) is 7.55. The number of rotatable bonds is 16. The second-order valence-corrected chi connectivity index (χ2v) is 11.6. The molecule has 8 nitrogen and oxygen atoms in total. The molecule has 1 aliphatic rings. The van der Waals surface area contributed by atoms with Gasteiger partial charge in [0.15, 0.2) is 11.5 Å². The molecule has 0 aliphatic carbocycles. The fourth-order valence-electron chi connectivity index (χ4n) is 5.35. The Hall–Kier alpha value is -3.10. The molecule has 41 heavy (non-hydrogen) atoms. The van der Waals surface area contributed by atoms with Crippen molar-refractivity contribution in [3.63, 3.8) is 0 Å². The minimum Gasteiger partial charge on any atom is -0.493 e. The zero-order valence-corrected chi connectivity index (χ0v) is 25.7. The molecule has 2 atom stereocenters. The van der Waals surface area contributed by atoms with Crippen molar-refractivity contribution in [1.29, 1.82) is 0 Å². The van der Waals surface area contributed by atoms with Gasteiger partial charge in [-0.2, -0.15) is 0 Å². The molecule has 0 saturated carbocycles. The first kappa shape index (κ1) is 32.4. The number of ether oxygens (including phenoxy) is 3. The van der Waals surface area contributed by atoms with Crippen LogP contribution in [0.15, 0.2) is 48.5 Å². The molecule has 1 fully saturated rings. The van der Waals surface area contributed by atoms with E-state index in [4.69, 9.17) is 14.2 Å². The summed E-state index contributed by atoms with van der Waals surface area (Å²) in [5.74, 6) is 2.15. The molecule has 2 unspecified atom stereocenters. The molecular weight excluding hydrogens is 518 g/mol. The number of benzene rings is 2. The first-order valence-corrected chi connectivity index (χ1v) is 14.9. The van der Waals surface area contributed by atoms with Gasteiger partial charge in [0.1, 0.15) is 0 Å². The Bertz CT molecular complexity index is 1090. The van der Waals surface area contributed by atoms with Gasteiger partial charge < -0.3 is 29.3 Å². The molecule has 0 aromatic heterocycles. The number of nitrogens with zero attached hydrogens (tertiary/aromatic N) is 2. The van der Waals surface area contributed by atoms with Gasteiger partial charge >= 0.3 is 0 Å². The lowest BCUT2D eigenvalue weighted by Crippen LogP contribution is -2.45. The van der Waals surface area contributed by atoms with Crippen LogP contribution in [0.2, 0.25) is 0 Å². The van der Waals surface area contributed by atoms with Crippen molar-refractivity contribution in [1.82, 2.24) is 15.1 Å². The maximum atomic E-state index is 13.8. The highest BCUT2D eigenvalue weighted by molar-refractivity contribution is 5.95. The molecule has 1 aliphatic heterocycles. The molecule has 0 bridgehead atoms. The topological polar surface area (TPSA) is 80.3 Å². The smallest absolute Gasteiger partial charge is 0.254 e. The van der Waals surface area contributed by atoms with E-state index in [0.29, 0.717) is 55.7 Å². The van der Waals surface area contributed by atoms with Crippen LogP contribution in [-0.2, 0) is 16.0 Å². The quantitative estimate of drug-likeness (QED) is 0.301. The Balaban J connectivity index is 1.72. The van der Waals surface area contributed by atoms with Crippen LogP contribution in [-0.4, -0.2) is 87.8 Å². The van der Waals surface area contributed by atoms with Gasteiger partial charge in [0.05, 0.1) is 20.1 Å². The number of methoxy groups -OCH3 is 2. The average molecular weight is 568 g/mol. The zero-order chi connectivity index (χ0) is 29.8. The van der Waals surface area contributed by atoms with Gasteiger partial charge in [-0.15, -0.1) is 0 Å². The summed E-state index contributed by atoms with van der Waals surface area (Å²) < 4.78 is 16.5. The van der Waals surface area contributed by atoms with E-state index in [9.17, 15) is 9.59 Å². The van der Waals surface area contributed by atoms with Crippen molar-refractivity contribution in [3.05, 3.63) is 59.7 Å². The van der Waals surface area contributed by atoms with E-state index in [1.165, 1.54) is 0 Å². The molecule has 1 saturated heterocycles. The molecule has 2 amide bonds. The van der Waals surface area contributed by atoms with Crippen LogP contribution < -0.4 is 14.8 Å². The second kappa shape index (κ2) is 16.4. The molecule has 8 heteroatoms.